The Labute approximate surface area is 694 Å². The summed E-state index contributed by atoms with van der Waals surface area (Å²) < 4.78 is 8.25. The smallest absolute Gasteiger partial charge is 0.252 e. The van der Waals surface area contributed by atoms with Crippen LogP contribution < -0.4 is 105 Å². The van der Waals surface area contributed by atoms with Gasteiger partial charge in [0.25, 0.3) is 26.9 Å². The Kier molecular flexibility index (Phi) is 14.3. The van der Waals surface area contributed by atoms with E-state index in [1.54, 1.807) is 0 Å². The summed E-state index contributed by atoms with van der Waals surface area (Å²) in [6.45, 7) is 27.4. The Morgan fingerprint density at radius 2 is 0.458 bits per heavy atom. The molecule has 0 atom stereocenters. The van der Waals surface area contributed by atoms with E-state index in [4.69, 9.17) is 4.74 Å². The summed E-state index contributed by atoms with van der Waals surface area (Å²) >= 11 is 0. The second-order valence-electron chi connectivity index (χ2n) is 38.0. The molecule has 0 unspecified atom stereocenters. The summed E-state index contributed by atoms with van der Waals surface area (Å²) in [7, 11) is 0. The topological polar surface area (TPSA) is 31.9 Å². The zero-order valence-electron chi connectivity index (χ0n) is 68.8. The van der Waals surface area contributed by atoms with Crippen molar-refractivity contribution in [2.24, 2.45) is 0 Å². The third-order valence-electron chi connectivity index (χ3n) is 27.0. The molecule has 15 aromatic carbocycles. The van der Waals surface area contributed by atoms with Crippen LogP contribution in [0.2, 0.25) is 0 Å². The maximum Gasteiger partial charge on any atom is 0.252 e. The first-order valence-corrected chi connectivity index (χ1v) is 42.2. The standard InChI is InChI=1S/C106H87B4N7O/c1-103(2,3)64-49-53-74-86(57-64)111(66-33-19-13-20-34-66)82-45-31-47-84-94(82)107(74)78-59-80-90(61-88(78)113(84)68-37-23-15-24-38-68)115(70-41-27-17-28-42-70)92-63-93-97-100-96(92)109(80)76-55-51-72(105(7,8)9)101-98(76)117(100)99-77(56-52-73(102(99)118-101)106(10,11)12)110(97)81-60-79-89(62-91(81)116(93)71-43-29-18-30-44-71)114(69-39-25-16-26-40-69)85-48-32-46-83-95(85)108(79)75-54-50-65(104(4,5)6)58-87(75)112(83)67-35-21-14-22-36-67/h13-63H,1-12H3. The fraction of sp³-hybridized carbons (Fsp3) is 0.151. The number of anilines is 21. The highest BCUT2D eigenvalue weighted by atomic mass is 16.5. The van der Waals surface area contributed by atoms with Crippen molar-refractivity contribution in [2.45, 2.75) is 105 Å². The van der Waals surface area contributed by atoms with Crippen molar-refractivity contribution in [2.75, 3.05) is 34.3 Å². The number of benzene rings is 15. The van der Waals surface area contributed by atoms with Crippen LogP contribution in [0.5, 0.6) is 11.5 Å². The van der Waals surface area contributed by atoms with Gasteiger partial charge >= 0.3 is 0 Å². The van der Waals surface area contributed by atoms with Crippen LogP contribution >= 0.6 is 0 Å². The lowest BCUT2D eigenvalue weighted by Gasteiger charge is -2.54. The number of hydrogen-bond donors (Lipinski definition) is 0. The van der Waals surface area contributed by atoms with E-state index in [2.05, 4.69) is 427 Å². The first kappa shape index (κ1) is 69.3. The van der Waals surface area contributed by atoms with Gasteiger partial charge in [-0.15, -0.1) is 0 Å². The van der Waals surface area contributed by atoms with Gasteiger partial charge in [0.05, 0.1) is 11.4 Å². The average Bonchev–Trinajstić information content (AvgIpc) is 0.652. The number of rotatable bonds is 6. The molecule has 0 bridgehead atoms. The number of para-hydroxylation sites is 6. The van der Waals surface area contributed by atoms with Crippen LogP contribution in [0.25, 0.3) is 0 Å². The number of hydrogen-bond acceptors (Lipinski definition) is 8. The van der Waals surface area contributed by atoms with E-state index >= 15 is 0 Å². The lowest BCUT2D eigenvalue weighted by atomic mass is 9.27. The van der Waals surface area contributed by atoms with Crippen molar-refractivity contribution in [1.29, 1.82) is 0 Å². The van der Waals surface area contributed by atoms with Crippen molar-refractivity contribution in [3.63, 3.8) is 0 Å². The molecule has 9 aliphatic rings. The molecule has 0 radical (unpaired) electrons. The van der Waals surface area contributed by atoms with Gasteiger partial charge in [-0.1, -0.05) is 265 Å². The molecule has 0 saturated heterocycles. The maximum absolute atomic E-state index is 8.25. The van der Waals surface area contributed by atoms with Gasteiger partial charge < -0.3 is 39.0 Å². The highest BCUT2D eigenvalue weighted by molar-refractivity contribution is 7.07. The predicted molar refractivity (Wildman–Crippen MR) is 503 cm³/mol. The molecule has 9 aliphatic heterocycles. The number of fused-ring (bicyclic) bond motifs is 14. The second-order valence-corrected chi connectivity index (χ2v) is 38.0. The van der Waals surface area contributed by atoms with Crippen LogP contribution in [0.15, 0.2) is 309 Å². The van der Waals surface area contributed by atoms with Gasteiger partial charge in [0.15, 0.2) is 11.5 Å². The highest BCUT2D eigenvalue weighted by Crippen LogP contribution is 2.61. The summed E-state index contributed by atoms with van der Waals surface area (Å²) in [6, 6.07) is 119. The first-order valence-electron chi connectivity index (χ1n) is 42.2. The molecular formula is C106H87B4N7O. The van der Waals surface area contributed by atoms with E-state index in [1.165, 1.54) is 128 Å². The molecule has 12 heteroatoms. The molecule has 0 fully saturated rings. The van der Waals surface area contributed by atoms with Gasteiger partial charge in [0.2, 0.25) is 0 Å². The van der Waals surface area contributed by atoms with E-state index in [9.17, 15) is 0 Å². The summed E-state index contributed by atoms with van der Waals surface area (Å²) in [4.78, 5) is 18.4. The summed E-state index contributed by atoms with van der Waals surface area (Å²) in [5.74, 6) is 1.88. The van der Waals surface area contributed by atoms with Crippen LogP contribution in [-0.4, -0.2) is 26.9 Å². The Bertz CT molecular complexity index is 6430. The minimum Gasteiger partial charge on any atom is -0.452 e. The van der Waals surface area contributed by atoms with Crippen molar-refractivity contribution < 1.29 is 4.74 Å². The maximum atomic E-state index is 8.25. The highest BCUT2D eigenvalue weighted by Gasteiger charge is 2.58. The monoisotopic (exact) mass is 1520 g/mol. The van der Waals surface area contributed by atoms with E-state index in [1.807, 2.05) is 0 Å². The zero-order valence-corrected chi connectivity index (χ0v) is 68.8. The Morgan fingerprint density at radius 1 is 0.195 bits per heavy atom. The third kappa shape index (κ3) is 9.54. The molecule has 0 amide bonds. The van der Waals surface area contributed by atoms with Crippen molar-refractivity contribution >= 4 is 212 Å². The molecule has 15 aromatic rings. The van der Waals surface area contributed by atoms with Crippen LogP contribution in [-0.2, 0) is 21.7 Å². The van der Waals surface area contributed by atoms with E-state index in [-0.39, 0.29) is 48.5 Å². The zero-order chi connectivity index (χ0) is 79.6. The molecule has 564 valence electrons. The molecule has 0 N–H and O–H groups in total. The largest absolute Gasteiger partial charge is 0.452 e. The fourth-order valence-electron chi connectivity index (χ4n) is 21.9. The average molecular weight is 1520 g/mol. The van der Waals surface area contributed by atoms with E-state index in [0.717, 1.165) is 91.1 Å². The Balaban J connectivity index is 0.838. The lowest BCUT2D eigenvalue weighted by molar-refractivity contribution is 0.433. The van der Waals surface area contributed by atoms with Gasteiger partial charge in [-0.25, -0.2) is 0 Å². The van der Waals surface area contributed by atoms with E-state index < -0.39 is 0 Å². The molecule has 0 spiro atoms. The van der Waals surface area contributed by atoms with Gasteiger partial charge in [-0.05, 0) is 226 Å². The quantitative estimate of drug-likeness (QED) is 0.152. The SMILES string of the molecule is CC(C)(C)c1ccc2c(c1)N(c1ccccc1)c1cccc3c1B2c1cc2c(cc1N3c1ccccc1)N(c1ccccc1)c1cc3c4c5c1B2c1ccc(C(C)(C)C)c2c1N5c1c(ccc(C(C)(C)C)c1O2)B4c1cc2c(cc1N3c1ccccc1)N(c1ccccc1)c1cccc3c1B2c1ccc(C(C)(C)C)cc1N3c1ccccc1. The molecule has 0 saturated carbocycles. The van der Waals surface area contributed by atoms with Crippen molar-refractivity contribution in [1.82, 2.24) is 0 Å². The number of ether oxygens (including phenoxy) is 1. The molecular weight excluding hydrogens is 1430 g/mol. The first-order chi connectivity index (χ1) is 57.2. The molecule has 0 aromatic heterocycles. The van der Waals surface area contributed by atoms with Crippen LogP contribution in [0.4, 0.5) is 119 Å². The molecule has 0 aliphatic carbocycles. The van der Waals surface area contributed by atoms with Gasteiger partial charge in [-0.3, -0.25) is 0 Å². The Hall–Kier alpha value is -13.0. The third-order valence-corrected chi connectivity index (χ3v) is 27.0. The normalized spacial score (nSPS) is 14.8. The van der Waals surface area contributed by atoms with E-state index in [0.29, 0.717) is 0 Å². The predicted octanol–water partition coefficient (Wildman–Crippen LogP) is 19.8. The van der Waals surface area contributed by atoms with Crippen molar-refractivity contribution in [3.8, 4) is 11.5 Å². The fourth-order valence-corrected chi connectivity index (χ4v) is 21.9. The van der Waals surface area contributed by atoms with Crippen molar-refractivity contribution in [3.05, 3.63) is 332 Å². The minimum absolute atomic E-state index is 0.112. The number of nitrogens with zero attached hydrogens (tertiary/aromatic N) is 7. The second kappa shape index (κ2) is 24.3. The van der Waals surface area contributed by atoms with Gasteiger partial charge in [-0.2, -0.15) is 0 Å². The van der Waals surface area contributed by atoms with Gasteiger partial charge in [0.1, 0.15) is 0 Å². The van der Waals surface area contributed by atoms with Gasteiger partial charge in [0, 0.05) is 119 Å². The minimum atomic E-state index is -0.311. The van der Waals surface area contributed by atoms with Crippen LogP contribution in [0.1, 0.15) is 105 Å². The molecule has 8 nitrogen and oxygen atoms in total. The van der Waals surface area contributed by atoms with Crippen LogP contribution in [0, 0.1) is 0 Å². The van der Waals surface area contributed by atoms with Crippen LogP contribution in [0.3, 0.4) is 0 Å². The molecule has 9 heterocycles. The summed E-state index contributed by atoms with van der Waals surface area (Å²) in [6.07, 6.45) is 0. The summed E-state index contributed by atoms with van der Waals surface area (Å²) in [5, 5.41) is 0. The Morgan fingerprint density at radius 3 is 0.746 bits per heavy atom. The summed E-state index contributed by atoms with van der Waals surface area (Å²) in [5.41, 5.74) is 43.7. The molecule has 24 rings (SSSR count). The molecule has 118 heavy (non-hydrogen) atoms. The lowest BCUT2D eigenvalue weighted by Crippen LogP contribution is -2.70.